The van der Waals surface area contributed by atoms with E-state index in [1.807, 2.05) is 13.8 Å². The molecule has 1 atom stereocenters. The molecule has 2 aliphatic rings. The molecule has 0 aliphatic heterocycles. The monoisotopic (exact) mass is 220 g/mol. The van der Waals surface area contributed by atoms with Crippen molar-refractivity contribution in [3.63, 3.8) is 0 Å². The molecule has 1 saturated carbocycles. The summed E-state index contributed by atoms with van der Waals surface area (Å²) in [6.07, 6.45) is 2.80. The topological polar surface area (TPSA) is 34.1 Å². The Balaban J connectivity index is 2.53. The van der Waals surface area contributed by atoms with Gasteiger partial charge >= 0.3 is 0 Å². The van der Waals surface area contributed by atoms with Crippen LogP contribution in [-0.2, 0) is 9.59 Å². The fourth-order valence-electron chi connectivity index (χ4n) is 3.09. The van der Waals surface area contributed by atoms with Crippen molar-refractivity contribution < 1.29 is 9.59 Å². The zero-order valence-corrected chi connectivity index (χ0v) is 10.6. The molecular formula is C14H20O2. The maximum Gasteiger partial charge on any atom is 0.158 e. The molecule has 0 bridgehead atoms. The highest BCUT2D eigenvalue weighted by Crippen LogP contribution is 2.51. The summed E-state index contributed by atoms with van der Waals surface area (Å²) in [4.78, 5) is 24.0. The maximum absolute atomic E-state index is 12.3. The number of allylic oxidation sites excluding steroid dienone is 2. The van der Waals surface area contributed by atoms with E-state index in [9.17, 15) is 9.59 Å². The smallest absolute Gasteiger partial charge is 0.158 e. The minimum absolute atomic E-state index is 0.0187. The summed E-state index contributed by atoms with van der Waals surface area (Å²) >= 11 is 0. The van der Waals surface area contributed by atoms with Gasteiger partial charge in [0.15, 0.2) is 5.78 Å². The predicted molar refractivity (Wildman–Crippen MR) is 63.1 cm³/mol. The zero-order chi connectivity index (χ0) is 12.1. The van der Waals surface area contributed by atoms with Gasteiger partial charge in [0.25, 0.3) is 0 Å². The van der Waals surface area contributed by atoms with Crippen LogP contribution in [-0.4, -0.2) is 11.6 Å². The second-order valence-electron chi connectivity index (χ2n) is 6.30. The molecule has 2 aliphatic carbocycles. The van der Waals surface area contributed by atoms with Crippen molar-refractivity contribution in [3.05, 3.63) is 11.1 Å². The molecule has 1 fully saturated rings. The summed E-state index contributed by atoms with van der Waals surface area (Å²) in [5.41, 5.74) is 1.65. The van der Waals surface area contributed by atoms with Gasteiger partial charge in [-0.15, -0.1) is 0 Å². The molecule has 2 nitrogen and oxygen atoms in total. The van der Waals surface area contributed by atoms with Crippen molar-refractivity contribution in [2.45, 2.75) is 53.4 Å². The van der Waals surface area contributed by atoms with Crippen LogP contribution in [0.2, 0.25) is 0 Å². The van der Waals surface area contributed by atoms with Crippen molar-refractivity contribution >= 4 is 11.6 Å². The highest BCUT2D eigenvalue weighted by molar-refractivity contribution is 6.01. The molecule has 0 spiro atoms. The Labute approximate surface area is 97.1 Å². The molecule has 0 aromatic heterocycles. The number of carbonyl (C=O) groups excluding carboxylic acids is 2. The van der Waals surface area contributed by atoms with E-state index in [-0.39, 0.29) is 16.6 Å². The SMILES string of the molecule is CC1=C2CC(C)(C)CC(=O)[C@@]2(C)CCC1=O. The number of hydrogen-bond acceptors (Lipinski definition) is 2. The van der Waals surface area contributed by atoms with Gasteiger partial charge in [-0.1, -0.05) is 13.8 Å². The zero-order valence-electron chi connectivity index (χ0n) is 10.6. The second kappa shape index (κ2) is 3.28. The molecule has 2 heteroatoms. The lowest BCUT2D eigenvalue weighted by Gasteiger charge is -2.45. The third-order valence-electron chi connectivity index (χ3n) is 4.30. The van der Waals surface area contributed by atoms with E-state index in [4.69, 9.17) is 0 Å². The maximum atomic E-state index is 12.3. The van der Waals surface area contributed by atoms with Crippen LogP contribution in [0, 0.1) is 10.8 Å². The van der Waals surface area contributed by atoms with Gasteiger partial charge in [-0.3, -0.25) is 9.59 Å². The highest BCUT2D eigenvalue weighted by Gasteiger charge is 2.48. The number of hydrogen-bond donors (Lipinski definition) is 0. The van der Waals surface area contributed by atoms with Crippen LogP contribution in [0.4, 0.5) is 0 Å². The Morgan fingerprint density at radius 3 is 2.31 bits per heavy atom. The fourth-order valence-corrected chi connectivity index (χ4v) is 3.09. The molecule has 0 saturated heterocycles. The molecule has 0 amide bonds. The second-order valence-corrected chi connectivity index (χ2v) is 6.30. The largest absolute Gasteiger partial charge is 0.299 e. The molecule has 16 heavy (non-hydrogen) atoms. The fraction of sp³-hybridized carbons (Fsp3) is 0.714. The third kappa shape index (κ3) is 1.55. The van der Waals surface area contributed by atoms with Crippen molar-refractivity contribution in [2.75, 3.05) is 0 Å². The van der Waals surface area contributed by atoms with E-state index >= 15 is 0 Å². The normalized spacial score (nSPS) is 34.0. The van der Waals surface area contributed by atoms with Crippen LogP contribution in [0.15, 0.2) is 11.1 Å². The molecular weight excluding hydrogens is 200 g/mol. The van der Waals surface area contributed by atoms with Crippen LogP contribution in [0.3, 0.4) is 0 Å². The van der Waals surface area contributed by atoms with E-state index < -0.39 is 0 Å². The minimum Gasteiger partial charge on any atom is -0.299 e. The Kier molecular flexibility index (Phi) is 2.37. The predicted octanol–water partition coefficient (Wildman–Crippen LogP) is 3.06. The molecule has 2 rings (SSSR count). The molecule has 0 aromatic carbocycles. The summed E-state index contributed by atoms with van der Waals surface area (Å²) in [6.45, 7) is 8.15. The van der Waals surface area contributed by atoms with E-state index in [1.54, 1.807) is 0 Å². The Morgan fingerprint density at radius 2 is 1.69 bits per heavy atom. The average Bonchev–Trinajstić information content (AvgIpc) is 2.17. The molecule has 0 radical (unpaired) electrons. The molecule has 88 valence electrons. The van der Waals surface area contributed by atoms with E-state index in [1.165, 1.54) is 0 Å². The van der Waals surface area contributed by atoms with Gasteiger partial charge in [-0.2, -0.15) is 0 Å². The standard InChI is InChI=1S/C14H20O2/c1-9-10-7-13(2,3)8-12(16)14(10,4)6-5-11(9)15/h5-8H2,1-4H3/t14-/m0/s1. The quantitative estimate of drug-likeness (QED) is 0.628. The Hall–Kier alpha value is -0.920. The summed E-state index contributed by atoms with van der Waals surface area (Å²) in [7, 11) is 0. The van der Waals surface area contributed by atoms with Crippen LogP contribution < -0.4 is 0 Å². The van der Waals surface area contributed by atoms with Gasteiger partial charge in [0, 0.05) is 18.3 Å². The van der Waals surface area contributed by atoms with Gasteiger partial charge in [0.1, 0.15) is 5.78 Å². The number of ketones is 2. The summed E-state index contributed by atoms with van der Waals surface area (Å²) in [5, 5.41) is 0. The van der Waals surface area contributed by atoms with Crippen molar-refractivity contribution in [3.8, 4) is 0 Å². The highest BCUT2D eigenvalue weighted by atomic mass is 16.1. The summed E-state index contributed by atoms with van der Waals surface area (Å²) < 4.78 is 0. The van der Waals surface area contributed by atoms with Gasteiger partial charge in [-0.05, 0) is 43.3 Å². The van der Waals surface area contributed by atoms with E-state index in [0.717, 1.165) is 17.6 Å². The van der Waals surface area contributed by atoms with Crippen LogP contribution >= 0.6 is 0 Å². The first-order chi connectivity index (χ1) is 7.26. The van der Waals surface area contributed by atoms with Gasteiger partial charge in [0.05, 0.1) is 0 Å². The first-order valence-electron chi connectivity index (χ1n) is 6.03. The first-order valence-corrected chi connectivity index (χ1v) is 6.03. The lowest BCUT2D eigenvalue weighted by Crippen LogP contribution is -2.43. The Morgan fingerprint density at radius 1 is 1.06 bits per heavy atom. The minimum atomic E-state index is -0.340. The third-order valence-corrected chi connectivity index (χ3v) is 4.30. The number of rotatable bonds is 0. The summed E-state index contributed by atoms with van der Waals surface area (Å²) in [5.74, 6) is 0.559. The van der Waals surface area contributed by atoms with E-state index in [0.29, 0.717) is 25.0 Å². The molecule has 0 unspecified atom stereocenters. The van der Waals surface area contributed by atoms with Gasteiger partial charge in [0.2, 0.25) is 0 Å². The van der Waals surface area contributed by atoms with Gasteiger partial charge in [-0.25, -0.2) is 0 Å². The van der Waals surface area contributed by atoms with E-state index in [2.05, 4.69) is 13.8 Å². The van der Waals surface area contributed by atoms with Crippen LogP contribution in [0.5, 0.6) is 0 Å². The first kappa shape index (κ1) is 11.6. The average molecular weight is 220 g/mol. The lowest BCUT2D eigenvalue weighted by atomic mass is 9.57. The summed E-state index contributed by atoms with van der Waals surface area (Å²) in [6, 6.07) is 0. The molecule has 0 N–H and O–H groups in total. The number of fused-ring (bicyclic) bond motifs is 1. The van der Waals surface area contributed by atoms with Crippen molar-refractivity contribution in [2.24, 2.45) is 10.8 Å². The number of Topliss-reactive ketones (excluding diaryl/α,β-unsaturated/α-hetero) is 2. The van der Waals surface area contributed by atoms with Crippen LogP contribution in [0.1, 0.15) is 53.4 Å². The van der Waals surface area contributed by atoms with Crippen molar-refractivity contribution in [1.82, 2.24) is 0 Å². The van der Waals surface area contributed by atoms with Gasteiger partial charge < -0.3 is 0 Å². The van der Waals surface area contributed by atoms with Crippen molar-refractivity contribution in [1.29, 1.82) is 0 Å². The number of carbonyl (C=O) groups is 2. The van der Waals surface area contributed by atoms with Crippen LogP contribution in [0.25, 0.3) is 0 Å². The molecule has 0 aromatic rings. The lowest BCUT2D eigenvalue weighted by molar-refractivity contribution is -0.132. The molecule has 0 heterocycles. The Bertz CT molecular complexity index is 401.